The van der Waals surface area contributed by atoms with Crippen molar-refractivity contribution < 1.29 is 24.3 Å². The molecule has 0 radical (unpaired) electrons. The zero-order valence-corrected chi connectivity index (χ0v) is 11.8. The molecule has 0 rings (SSSR count). The van der Waals surface area contributed by atoms with Gasteiger partial charge in [-0.25, -0.2) is 4.79 Å². The molecule has 0 fully saturated rings. The van der Waals surface area contributed by atoms with Gasteiger partial charge in [0.1, 0.15) is 0 Å². The summed E-state index contributed by atoms with van der Waals surface area (Å²) in [5.41, 5.74) is 0. The molecule has 0 bridgehead atoms. The van der Waals surface area contributed by atoms with Gasteiger partial charge in [-0.2, -0.15) is 0 Å². The molecule has 0 saturated carbocycles. The number of nitrogens with one attached hydrogen (secondary N) is 1. The minimum Gasteiger partial charge on any atom is -0.481 e. The fraction of sp³-hybridized carbons (Fsp3) is 0.600. The molecule has 0 aromatic carbocycles. The number of hydrogen-bond acceptors (Lipinski definition) is 6. The molecule has 19 heavy (non-hydrogen) atoms. The van der Waals surface area contributed by atoms with Crippen LogP contribution in [0.25, 0.3) is 0 Å². The van der Waals surface area contributed by atoms with Crippen LogP contribution in [0, 0.1) is 0 Å². The smallest absolute Gasteiger partial charge is 0.433 e. The molecule has 2 N–H and O–H groups in total. The van der Waals surface area contributed by atoms with Crippen molar-refractivity contribution in [2.24, 2.45) is 5.16 Å². The number of aliphatic carboxylic acids is 1. The Balaban J connectivity index is 4.10. The van der Waals surface area contributed by atoms with Gasteiger partial charge in [-0.05, 0) is 12.7 Å². The van der Waals surface area contributed by atoms with E-state index in [-0.39, 0.29) is 23.9 Å². The maximum Gasteiger partial charge on any atom is 0.433 e. The third kappa shape index (κ3) is 8.03. The predicted molar refractivity (Wildman–Crippen MR) is 71.0 cm³/mol. The normalized spacial score (nSPS) is 10.8. The fourth-order valence-electron chi connectivity index (χ4n) is 0.900. The highest BCUT2D eigenvalue weighted by Crippen LogP contribution is 2.02. The molecule has 0 unspecified atom stereocenters. The first kappa shape index (κ1) is 17.2. The molecule has 0 saturated heterocycles. The number of carbonyl (C=O) groups is 3. The number of carbonyl (C=O) groups excluding carboxylic acids is 2. The van der Waals surface area contributed by atoms with Crippen LogP contribution in [-0.4, -0.2) is 59.9 Å². The summed E-state index contributed by atoms with van der Waals surface area (Å²) in [6, 6.07) is 0. The standard InChI is InChI=1S/C10H17N3O5S/c1-13(2)9(16)8(19-3)12-18-10(17)11-6-4-5-7(14)15/h4-6H2,1-3H3,(H,11,17)(H,14,15)/b12-8-. The van der Waals surface area contributed by atoms with Crippen LogP contribution in [0.4, 0.5) is 4.79 Å². The number of oxime groups is 1. The third-order valence-electron chi connectivity index (χ3n) is 1.83. The van der Waals surface area contributed by atoms with Gasteiger partial charge in [0, 0.05) is 27.1 Å². The van der Waals surface area contributed by atoms with Crippen molar-refractivity contribution in [2.75, 3.05) is 26.9 Å². The Bertz CT molecular complexity index is 370. The summed E-state index contributed by atoms with van der Waals surface area (Å²) in [5.74, 6) is -1.30. The summed E-state index contributed by atoms with van der Waals surface area (Å²) in [6.07, 6.45) is 1.05. The molecular formula is C10H17N3O5S. The molecule has 108 valence electrons. The lowest BCUT2D eigenvalue weighted by Crippen LogP contribution is -2.29. The van der Waals surface area contributed by atoms with Crippen LogP contribution < -0.4 is 5.32 Å². The molecule has 0 aromatic rings. The summed E-state index contributed by atoms with van der Waals surface area (Å²) in [4.78, 5) is 38.7. The quantitative estimate of drug-likeness (QED) is 0.249. The van der Waals surface area contributed by atoms with Crippen LogP contribution in [0.3, 0.4) is 0 Å². The summed E-state index contributed by atoms with van der Waals surface area (Å²) in [5, 5.41) is 14.2. The minimum atomic E-state index is -0.936. The zero-order chi connectivity index (χ0) is 14.8. The molecule has 0 aromatic heterocycles. The van der Waals surface area contributed by atoms with Crippen molar-refractivity contribution in [3.8, 4) is 0 Å². The Labute approximate surface area is 115 Å². The lowest BCUT2D eigenvalue weighted by molar-refractivity contribution is -0.137. The first-order chi connectivity index (χ1) is 8.88. The van der Waals surface area contributed by atoms with Crippen molar-refractivity contribution in [3.63, 3.8) is 0 Å². The van der Waals surface area contributed by atoms with E-state index >= 15 is 0 Å². The van der Waals surface area contributed by atoms with Crippen LogP contribution in [-0.2, 0) is 14.4 Å². The second-order valence-electron chi connectivity index (χ2n) is 3.60. The van der Waals surface area contributed by atoms with Gasteiger partial charge >= 0.3 is 12.1 Å². The average molecular weight is 291 g/mol. The summed E-state index contributed by atoms with van der Waals surface area (Å²) in [7, 11) is 3.11. The van der Waals surface area contributed by atoms with Crippen LogP contribution in [0.1, 0.15) is 12.8 Å². The molecule has 0 aliphatic heterocycles. The highest BCUT2D eigenvalue weighted by molar-refractivity contribution is 8.15. The molecule has 0 spiro atoms. The lowest BCUT2D eigenvalue weighted by Gasteiger charge is -2.09. The van der Waals surface area contributed by atoms with Crippen LogP contribution in [0.15, 0.2) is 5.16 Å². The van der Waals surface area contributed by atoms with Crippen LogP contribution in [0.5, 0.6) is 0 Å². The summed E-state index contributed by atoms with van der Waals surface area (Å²) in [6.45, 7) is 0.164. The molecule has 0 heterocycles. The number of nitrogens with zero attached hydrogens (tertiary/aromatic N) is 2. The number of hydrogen-bond donors (Lipinski definition) is 2. The number of amides is 2. The van der Waals surface area contributed by atoms with Gasteiger partial charge in [-0.15, -0.1) is 11.8 Å². The van der Waals surface area contributed by atoms with Gasteiger partial charge in [0.15, 0.2) is 0 Å². The average Bonchev–Trinajstić information content (AvgIpc) is 2.34. The van der Waals surface area contributed by atoms with E-state index in [1.165, 1.54) is 4.90 Å². The SMILES string of the molecule is CS/C(=N\OC(=O)NCCCC(=O)O)C(=O)N(C)C. The van der Waals surface area contributed by atoms with E-state index in [2.05, 4.69) is 15.3 Å². The number of thioether (sulfide) groups is 1. The van der Waals surface area contributed by atoms with Crippen molar-refractivity contribution in [3.05, 3.63) is 0 Å². The van der Waals surface area contributed by atoms with Crippen molar-refractivity contribution in [1.82, 2.24) is 10.2 Å². The monoisotopic (exact) mass is 291 g/mol. The number of carboxylic acids is 1. The van der Waals surface area contributed by atoms with E-state index in [4.69, 9.17) is 5.11 Å². The number of carboxylic acid groups (broad SMARTS) is 1. The Hall–Kier alpha value is -1.77. The lowest BCUT2D eigenvalue weighted by atomic mass is 10.3. The van der Waals surface area contributed by atoms with Gasteiger partial charge in [0.25, 0.3) is 5.91 Å². The first-order valence-electron chi connectivity index (χ1n) is 5.38. The van der Waals surface area contributed by atoms with Crippen molar-refractivity contribution >= 4 is 34.8 Å². The van der Waals surface area contributed by atoms with Gasteiger partial charge in [-0.1, -0.05) is 5.16 Å². The highest BCUT2D eigenvalue weighted by atomic mass is 32.2. The van der Waals surface area contributed by atoms with E-state index in [0.717, 1.165) is 11.8 Å². The molecule has 0 aliphatic carbocycles. The number of rotatable bonds is 5. The maximum atomic E-state index is 11.5. The second-order valence-corrected chi connectivity index (χ2v) is 4.40. The van der Waals surface area contributed by atoms with Crippen LogP contribution in [0.2, 0.25) is 0 Å². The summed E-state index contributed by atoms with van der Waals surface area (Å²) >= 11 is 1.06. The molecule has 9 heteroatoms. The maximum absolute atomic E-state index is 11.5. The highest BCUT2D eigenvalue weighted by Gasteiger charge is 2.14. The summed E-state index contributed by atoms with van der Waals surface area (Å²) < 4.78 is 0. The predicted octanol–water partition coefficient (Wildman–Crippen LogP) is 0.342. The van der Waals surface area contributed by atoms with Gasteiger partial charge in [0.2, 0.25) is 5.04 Å². The largest absolute Gasteiger partial charge is 0.481 e. The van der Waals surface area contributed by atoms with Crippen LogP contribution >= 0.6 is 11.8 Å². The fourth-order valence-corrected chi connectivity index (χ4v) is 1.37. The van der Waals surface area contributed by atoms with E-state index in [0.29, 0.717) is 6.42 Å². The van der Waals surface area contributed by atoms with E-state index < -0.39 is 12.1 Å². The Morgan fingerprint density at radius 1 is 1.37 bits per heavy atom. The Morgan fingerprint density at radius 3 is 2.47 bits per heavy atom. The van der Waals surface area contributed by atoms with E-state index in [1.807, 2.05) is 0 Å². The molecule has 2 amide bonds. The first-order valence-corrected chi connectivity index (χ1v) is 6.61. The third-order valence-corrected chi connectivity index (χ3v) is 2.47. The van der Waals surface area contributed by atoms with Gasteiger partial charge in [-0.3, -0.25) is 14.4 Å². The molecule has 0 atom stereocenters. The topological polar surface area (TPSA) is 108 Å². The van der Waals surface area contributed by atoms with Crippen molar-refractivity contribution in [2.45, 2.75) is 12.8 Å². The molecular weight excluding hydrogens is 274 g/mol. The van der Waals surface area contributed by atoms with E-state index in [1.54, 1.807) is 20.4 Å². The van der Waals surface area contributed by atoms with E-state index in [9.17, 15) is 14.4 Å². The molecule has 8 nitrogen and oxygen atoms in total. The Kier molecular flexibility index (Phi) is 8.34. The van der Waals surface area contributed by atoms with Crippen molar-refractivity contribution in [1.29, 1.82) is 0 Å². The molecule has 0 aliphatic rings. The van der Waals surface area contributed by atoms with Gasteiger partial charge in [0.05, 0.1) is 0 Å². The second kappa shape index (κ2) is 9.20. The minimum absolute atomic E-state index is 0.0429. The Morgan fingerprint density at radius 2 is 2.00 bits per heavy atom. The van der Waals surface area contributed by atoms with Gasteiger partial charge < -0.3 is 15.3 Å². The zero-order valence-electron chi connectivity index (χ0n) is 11.0.